The van der Waals surface area contributed by atoms with Crippen LogP contribution in [-0.4, -0.2) is 84.3 Å². The average molecular weight is 447 g/mol. The number of nitrogens with one attached hydrogen (secondary N) is 1. The molecule has 1 unspecified atom stereocenters. The maximum atomic E-state index is 13.2. The third kappa shape index (κ3) is 5.47. The number of nitrogens with zero attached hydrogens (tertiary/aromatic N) is 3. The standard InChI is InChI=1S/C23H34N4O3S/c28-20-9-3-11-25(20)12-5-10-24-22(29)21(18-6-1-2-7-18)26-13-15-27(16-14-26)23(30)19-8-4-17-31-19/h4,8,17-18,21H,1-3,5-7,9-16H2,(H,24,29). The molecule has 4 rings (SSSR count). The zero-order valence-electron chi connectivity index (χ0n) is 18.3. The minimum Gasteiger partial charge on any atom is -0.355 e. The Kier molecular flexibility index (Phi) is 7.61. The Hall–Kier alpha value is -1.93. The number of rotatable bonds is 8. The van der Waals surface area contributed by atoms with Crippen LogP contribution in [0.1, 0.15) is 54.6 Å². The summed E-state index contributed by atoms with van der Waals surface area (Å²) in [5.41, 5.74) is 0. The predicted molar refractivity (Wildman–Crippen MR) is 121 cm³/mol. The monoisotopic (exact) mass is 446 g/mol. The lowest BCUT2D eigenvalue weighted by Crippen LogP contribution is -2.58. The maximum Gasteiger partial charge on any atom is 0.264 e. The number of amides is 3. The second-order valence-electron chi connectivity index (χ2n) is 8.92. The molecule has 2 aliphatic heterocycles. The fraction of sp³-hybridized carbons (Fsp3) is 0.696. The van der Waals surface area contributed by atoms with E-state index in [0.29, 0.717) is 32.0 Å². The second-order valence-corrected chi connectivity index (χ2v) is 9.87. The normalized spacial score (nSPS) is 21.6. The van der Waals surface area contributed by atoms with Gasteiger partial charge in [0.25, 0.3) is 5.91 Å². The summed E-state index contributed by atoms with van der Waals surface area (Å²) in [5.74, 6) is 0.871. The Balaban J connectivity index is 1.28. The molecule has 0 bridgehead atoms. The molecule has 1 aromatic heterocycles. The topological polar surface area (TPSA) is 73.0 Å². The number of thiophene rings is 1. The van der Waals surface area contributed by atoms with Crippen LogP contribution in [0.25, 0.3) is 0 Å². The van der Waals surface area contributed by atoms with Crippen LogP contribution in [0, 0.1) is 5.92 Å². The molecular formula is C23H34N4O3S. The number of carbonyl (C=O) groups excluding carboxylic acids is 3. The van der Waals surface area contributed by atoms with E-state index in [1.165, 1.54) is 24.2 Å². The Morgan fingerprint density at radius 1 is 1.10 bits per heavy atom. The summed E-state index contributed by atoms with van der Waals surface area (Å²) in [5, 5.41) is 5.09. The van der Waals surface area contributed by atoms with Gasteiger partial charge in [0.05, 0.1) is 10.9 Å². The van der Waals surface area contributed by atoms with Crippen molar-refractivity contribution in [2.75, 3.05) is 45.8 Å². The van der Waals surface area contributed by atoms with Crippen LogP contribution in [0.5, 0.6) is 0 Å². The second kappa shape index (κ2) is 10.6. The SMILES string of the molecule is O=C(NCCCN1CCCC1=O)C(C1CCCC1)N1CCN(C(=O)c2cccs2)CC1. The van der Waals surface area contributed by atoms with Gasteiger partial charge < -0.3 is 15.1 Å². The zero-order valence-corrected chi connectivity index (χ0v) is 19.1. The molecular weight excluding hydrogens is 412 g/mol. The highest BCUT2D eigenvalue weighted by Crippen LogP contribution is 2.31. The first-order valence-corrected chi connectivity index (χ1v) is 12.6. The van der Waals surface area contributed by atoms with Crippen LogP contribution in [0.3, 0.4) is 0 Å². The van der Waals surface area contributed by atoms with Gasteiger partial charge in [0.2, 0.25) is 11.8 Å². The van der Waals surface area contributed by atoms with Crippen LogP contribution in [-0.2, 0) is 9.59 Å². The Morgan fingerprint density at radius 2 is 1.87 bits per heavy atom. The molecule has 3 amide bonds. The molecule has 3 fully saturated rings. The summed E-state index contributed by atoms with van der Waals surface area (Å²) in [6.45, 7) is 5.03. The average Bonchev–Trinajstić information content (AvgIpc) is 3.55. The summed E-state index contributed by atoms with van der Waals surface area (Å²) in [7, 11) is 0. The minimum absolute atomic E-state index is 0.102. The van der Waals surface area contributed by atoms with E-state index < -0.39 is 0 Å². The van der Waals surface area contributed by atoms with Crippen molar-refractivity contribution in [1.29, 1.82) is 0 Å². The molecule has 31 heavy (non-hydrogen) atoms. The zero-order chi connectivity index (χ0) is 21.6. The molecule has 0 radical (unpaired) electrons. The van der Waals surface area contributed by atoms with Crippen molar-refractivity contribution in [2.24, 2.45) is 5.92 Å². The van der Waals surface area contributed by atoms with Crippen LogP contribution < -0.4 is 5.32 Å². The summed E-state index contributed by atoms with van der Waals surface area (Å²) in [6, 6.07) is 3.69. The van der Waals surface area contributed by atoms with E-state index in [4.69, 9.17) is 0 Å². The van der Waals surface area contributed by atoms with Gasteiger partial charge in [0.1, 0.15) is 0 Å². The van der Waals surface area contributed by atoms with E-state index in [0.717, 1.165) is 56.7 Å². The highest BCUT2D eigenvalue weighted by atomic mass is 32.1. The lowest BCUT2D eigenvalue weighted by molar-refractivity contribution is -0.129. The van der Waals surface area contributed by atoms with E-state index in [1.807, 2.05) is 27.3 Å². The summed E-state index contributed by atoms with van der Waals surface area (Å²) < 4.78 is 0. The van der Waals surface area contributed by atoms with Crippen molar-refractivity contribution < 1.29 is 14.4 Å². The quantitative estimate of drug-likeness (QED) is 0.622. The Labute approximate surface area is 188 Å². The molecule has 8 heteroatoms. The van der Waals surface area contributed by atoms with Crippen molar-refractivity contribution in [3.63, 3.8) is 0 Å². The number of piperazine rings is 1. The van der Waals surface area contributed by atoms with Gasteiger partial charge in [-0.25, -0.2) is 0 Å². The third-order valence-electron chi connectivity index (χ3n) is 6.92. The lowest BCUT2D eigenvalue weighted by Gasteiger charge is -2.40. The van der Waals surface area contributed by atoms with E-state index in [2.05, 4.69) is 10.2 Å². The van der Waals surface area contributed by atoms with E-state index in [-0.39, 0.29) is 23.8 Å². The van der Waals surface area contributed by atoms with Crippen molar-refractivity contribution in [3.05, 3.63) is 22.4 Å². The van der Waals surface area contributed by atoms with E-state index >= 15 is 0 Å². The molecule has 3 heterocycles. The third-order valence-corrected chi connectivity index (χ3v) is 7.78. The van der Waals surface area contributed by atoms with Crippen LogP contribution in [0.15, 0.2) is 17.5 Å². The summed E-state index contributed by atoms with van der Waals surface area (Å²) >= 11 is 1.48. The molecule has 170 valence electrons. The molecule has 1 atom stereocenters. The highest BCUT2D eigenvalue weighted by Gasteiger charge is 2.37. The largest absolute Gasteiger partial charge is 0.355 e. The fourth-order valence-corrected chi connectivity index (χ4v) is 5.93. The minimum atomic E-state index is -0.102. The Bertz CT molecular complexity index is 755. The van der Waals surface area contributed by atoms with Gasteiger partial charge in [-0.3, -0.25) is 19.3 Å². The van der Waals surface area contributed by atoms with Crippen molar-refractivity contribution >= 4 is 29.1 Å². The smallest absolute Gasteiger partial charge is 0.264 e. The first-order valence-electron chi connectivity index (χ1n) is 11.8. The van der Waals surface area contributed by atoms with Crippen LogP contribution in [0.2, 0.25) is 0 Å². The van der Waals surface area contributed by atoms with E-state index in [1.54, 1.807) is 0 Å². The summed E-state index contributed by atoms with van der Waals surface area (Å²) in [6.07, 6.45) is 7.03. The molecule has 1 aromatic rings. The Morgan fingerprint density at radius 3 is 2.52 bits per heavy atom. The van der Waals surface area contributed by atoms with Gasteiger partial charge in [-0.15, -0.1) is 11.3 Å². The molecule has 0 spiro atoms. The molecule has 0 aromatic carbocycles. The first kappa shape index (κ1) is 22.3. The molecule has 3 aliphatic rings. The number of hydrogen-bond acceptors (Lipinski definition) is 5. The number of likely N-dealkylation sites (tertiary alicyclic amines) is 1. The lowest BCUT2D eigenvalue weighted by atomic mass is 9.95. The molecule has 1 saturated carbocycles. The number of carbonyl (C=O) groups is 3. The van der Waals surface area contributed by atoms with Gasteiger partial charge in [0.15, 0.2) is 0 Å². The summed E-state index contributed by atoms with van der Waals surface area (Å²) in [4.78, 5) is 44.5. The van der Waals surface area contributed by atoms with Crippen molar-refractivity contribution in [3.8, 4) is 0 Å². The first-order chi connectivity index (χ1) is 15.1. The highest BCUT2D eigenvalue weighted by molar-refractivity contribution is 7.12. The van der Waals surface area contributed by atoms with Crippen molar-refractivity contribution in [2.45, 2.75) is 51.0 Å². The van der Waals surface area contributed by atoms with E-state index in [9.17, 15) is 14.4 Å². The van der Waals surface area contributed by atoms with Gasteiger partial charge in [-0.05, 0) is 43.0 Å². The fourth-order valence-electron chi connectivity index (χ4n) is 5.24. The molecule has 1 aliphatic carbocycles. The van der Waals surface area contributed by atoms with Gasteiger partial charge in [0, 0.05) is 52.2 Å². The van der Waals surface area contributed by atoms with Crippen LogP contribution in [0.4, 0.5) is 0 Å². The van der Waals surface area contributed by atoms with Gasteiger partial charge in [-0.2, -0.15) is 0 Å². The van der Waals surface area contributed by atoms with Crippen LogP contribution >= 0.6 is 11.3 Å². The van der Waals surface area contributed by atoms with Gasteiger partial charge >= 0.3 is 0 Å². The van der Waals surface area contributed by atoms with Gasteiger partial charge in [-0.1, -0.05) is 18.9 Å². The predicted octanol–water partition coefficient (Wildman–Crippen LogP) is 2.19. The molecule has 1 N–H and O–H groups in total. The molecule has 2 saturated heterocycles. The maximum absolute atomic E-state index is 13.2. The number of hydrogen-bond donors (Lipinski definition) is 1. The van der Waals surface area contributed by atoms with Crippen molar-refractivity contribution in [1.82, 2.24) is 20.0 Å². The molecule has 7 nitrogen and oxygen atoms in total.